The second-order valence-corrected chi connectivity index (χ2v) is 6.42. The third-order valence-corrected chi connectivity index (χ3v) is 4.51. The second kappa shape index (κ2) is 5.77. The number of β-amino-alcohol motifs (C(OH)–C–C–N with tert-alkyl or cyclic N) is 1. The number of hydrogen-bond acceptors (Lipinski definition) is 4. The van der Waals surface area contributed by atoms with Crippen molar-refractivity contribution in [3.05, 3.63) is 29.6 Å². The molecule has 1 aliphatic heterocycles. The first-order chi connectivity index (χ1) is 10.9. The lowest BCUT2D eigenvalue weighted by atomic mass is 10.1. The first-order valence-corrected chi connectivity index (χ1v) is 7.81. The lowest BCUT2D eigenvalue weighted by Gasteiger charge is -2.19. The van der Waals surface area contributed by atoms with Crippen LogP contribution in [-0.2, 0) is 16.1 Å². The number of rotatable bonds is 4. The van der Waals surface area contributed by atoms with E-state index in [1.165, 1.54) is 10.5 Å². The van der Waals surface area contributed by atoms with Crippen molar-refractivity contribution in [1.29, 1.82) is 0 Å². The zero-order valence-electron chi connectivity index (χ0n) is 13.6. The zero-order valence-corrected chi connectivity index (χ0v) is 13.6. The molecule has 23 heavy (non-hydrogen) atoms. The Balaban J connectivity index is 1.76. The number of carbonyl (C=O) groups excluding carboxylic acids is 2. The molecule has 0 radical (unpaired) electrons. The van der Waals surface area contributed by atoms with Crippen LogP contribution in [0.15, 0.2) is 18.5 Å². The standard InChI is InChI=1S/C17H21N3O3/c1-10-4-14-15(5-11(10)2)19(9-18-14)7-13(21)8-20-16(22)6-12(3)17(20)23/h4-5,9,12-13,21H,6-8H2,1-3H3/t12-,13+/m0/s1. The fourth-order valence-electron chi connectivity index (χ4n) is 2.99. The van der Waals surface area contributed by atoms with Crippen molar-refractivity contribution in [2.75, 3.05) is 6.54 Å². The summed E-state index contributed by atoms with van der Waals surface area (Å²) in [6.07, 6.45) is 1.10. The number of fused-ring (bicyclic) bond motifs is 1. The molecule has 1 saturated heterocycles. The van der Waals surface area contributed by atoms with Crippen LogP contribution < -0.4 is 0 Å². The Hall–Kier alpha value is -2.21. The van der Waals surface area contributed by atoms with E-state index in [4.69, 9.17) is 0 Å². The van der Waals surface area contributed by atoms with Crippen LogP contribution in [0.25, 0.3) is 11.0 Å². The van der Waals surface area contributed by atoms with Crippen LogP contribution in [0, 0.1) is 19.8 Å². The van der Waals surface area contributed by atoms with Gasteiger partial charge in [0.15, 0.2) is 0 Å². The van der Waals surface area contributed by atoms with Crippen LogP contribution in [0.3, 0.4) is 0 Å². The Labute approximate surface area is 134 Å². The molecule has 0 spiro atoms. The molecule has 2 amide bonds. The van der Waals surface area contributed by atoms with Crippen molar-refractivity contribution in [3.8, 4) is 0 Å². The van der Waals surface area contributed by atoms with Gasteiger partial charge in [0.1, 0.15) is 0 Å². The number of likely N-dealkylation sites (tertiary alicyclic amines) is 1. The minimum atomic E-state index is -0.813. The van der Waals surface area contributed by atoms with E-state index < -0.39 is 6.10 Å². The number of nitrogens with zero attached hydrogens (tertiary/aromatic N) is 3. The van der Waals surface area contributed by atoms with E-state index >= 15 is 0 Å². The van der Waals surface area contributed by atoms with Crippen LogP contribution >= 0.6 is 0 Å². The quantitative estimate of drug-likeness (QED) is 0.866. The number of carbonyl (C=O) groups is 2. The molecular formula is C17H21N3O3. The molecule has 1 fully saturated rings. The van der Waals surface area contributed by atoms with E-state index in [0.29, 0.717) is 6.54 Å². The van der Waals surface area contributed by atoms with Gasteiger partial charge in [0, 0.05) is 12.3 Å². The highest BCUT2D eigenvalue weighted by molar-refractivity contribution is 6.03. The number of imide groups is 1. The summed E-state index contributed by atoms with van der Waals surface area (Å²) in [6.45, 7) is 6.14. The van der Waals surface area contributed by atoms with Gasteiger partial charge in [0.05, 0.1) is 36.6 Å². The van der Waals surface area contributed by atoms with E-state index in [2.05, 4.69) is 4.98 Å². The van der Waals surface area contributed by atoms with Crippen LogP contribution in [-0.4, -0.2) is 44.0 Å². The number of amides is 2. The SMILES string of the molecule is Cc1cc2ncn(C[C@@H](O)CN3C(=O)C[C@H](C)C3=O)c2cc1C. The topological polar surface area (TPSA) is 75.4 Å². The average molecular weight is 315 g/mol. The summed E-state index contributed by atoms with van der Waals surface area (Å²) in [5.41, 5.74) is 4.15. The highest BCUT2D eigenvalue weighted by Gasteiger charge is 2.36. The molecule has 122 valence electrons. The first-order valence-electron chi connectivity index (χ1n) is 7.81. The van der Waals surface area contributed by atoms with Gasteiger partial charge in [-0.1, -0.05) is 6.92 Å². The molecule has 2 heterocycles. The van der Waals surface area contributed by atoms with E-state index in [9.17, 15) is 14.7 Å². The van der Waals surface area contributed by atoms with Gasteiger partial charge in [-0.05, 0) is 37.1 Å². The zero-order chi connectivity index (χ0) is 16.7. The lowest BCUT2D eigenvalue weighted by Crippen LogP contribution is -2.38. The summed E-state index contributed by atoms with van der Waals surface area (Å²) >= 11 is 0. The lowest BCUT2D eigenvalue weighted by molar-refractivity contribution is -0.141. The Kier molecular flexibility index (Phi) is 3.93. The van der Waals surface area contributed by atoms with Gasteiger partial charge in [-0.3, -0.25) is 14.5 Å². The highest BCUT2D eigenvalue weighted by Crippen LogP contribution is 2.21. The van der Waals surface area contributed by atoms with Crippen molar-refractivity contribution in [2.45, 2.75) is 39.8 Å². The van der Waals surface area contributed by atoms with E-state index in [-0.39, 0.29) is 30.7 Å². The largest absolute Gasteiger partial charge is 0.389 e. The molecule has 1 aromatic heterocycles. The minimum absolute atomic E-state index is 0.0342. The van der Waals surface area contributed by atoms with Gasteiger partial charge < -0.3 is 9.67 Å². The maximum atomic E-state index is 11.9. The molecule has 1 aromatic carbocycles. The third-order valence-electron chi connectivity index (χ3n) is 4.51. The van der Waals surface area contributed by atoms with Crippen LogP contribution in [0.4, 0.5) is 0 Å². The molecule has 0 aliphatic carbocycles. The Morgan fingerprint density at radius 1 is 1.26 bits per heavy atom. The highest BCUT2D eigenvalue weighted by atomic mass is 16.3. The number of aryl methyl sites for hydroxylation is 2. The number of hydrogen-bond donors (Lipinski definition) is 1. The molecule has 1 N–H and O–H groups in total. The fourth-order valence-corrected chi connectivity index (χ4v) is 2.99. The summed E-state index contributed by atoms with van der Waals surface area (Å²) in [5.74, 6) is -0.686. The van der Waals surface area contributed by atoms with Gasteiger partial charge in [-0.2, -0.15) is 0 Å². The third kappa shape index (κ3) is 2.86. The smallest absolute Gasteiger partial charge is 0.232 e. The second-order valence-electron chi connectivity index (χ2n) is 6.42. The molecular weight excluding hydrogens is 294 g/mol. The van der Waals surface area contributed by atoms with Crippen molar-refractivity contribution in [3.63, 3.8) is 0 Å². The number of imidazole rings is 1. The molecule has 0 bridgehead atoms. The van der Waals surface area contributed by atoms with Crippen molar-refractivity contribution in [1.82, 2.24) is 14.5 Å². The molecule has 3 rings (SSSR count). The summed E-state index contributed by atoms with van der Waals surface area (Å²) in [5, 5.41) is 10.3. The predicted molar refractivity (Wildman–Crippen MR) is 85.7 cm³/mol. The van der Waals surface area contributed by atoms with Crippen molar-refractivity contribution in [2.24, 2.45) is 5.92 Å². The molecule has 2 aromatic rings. The molecule has 0 saturated carbocycles. The van der Waals surface area contributed by atoms with Crippen molar-refractivity contribution < 1.29 is 14.7 Å². The normalized spacial score (nSPS) is 19.8. The number of aliphatic hydroxyl groups is 1. The molecule has 1 aliphatic rings. The number of benzene rings is 1. The Morgan fingerprint density at radius 2 is 1.96 bits per heavy atom. The molecule has 0 unspecified atom stereocenters. The molecule has 6 nitrogen and oxygen atoms in total. The molecule has 2 atom stereocenters. The number of aromatic nitrogens is 2. The van der Waals surface area contributed by atoms with Gasteiger partial charge in [-0.15, -0.1) is 0 Å². The Bertz CT molecular complexity index is 781. The van der Waals surface area contributed by atoms with E-state index in [1.54, 1.807) is 13.3 Å². The average Bonchev–Trinajstić information content (AvgIpc) is 2.96. The number of aliphatic hydroxyl groups excluding tert-OH is 1. The predicted octanol–water partition coefficient (Wildman–Crippen LogP) is 1.41. The molecule has 6 heteroatoms. The van der Waals surface area contributed by atoms with Gasteiger partial charge >= 0.3 is 0 Å². The first kappa shape index (κ1) is 15.7. The van der Waals surface area contributed by atoms with E-state index in [1.807, 2.05) is 30.5 Å². The van der Waals surface area contributed by atoms with Crippen LogP contribution in [0.2, 0.25) is 0 Å². The summed E-state index contributed by atoms with van der Waals surface area (Å²) in [6, 6.07) is 4.06. The van der Waals surface area contributed by atoms with Gasteiger partial charge in [0.2, 0.25) is 11.8 Å². The van der Waals surface area contributed by atoms with Crippen molar-refractivity contribution >= 4 is 22.8 Å². The van der Waals surface area contributed by atoms with Gasteiger partial charge in [0.25, 0.3) is 0 Å². The maximum Gasteiger partial charge on any atom is 0.232 e. The monoisotopic (exact) mass is 315 g/mol. The van der Waals surface area contributed by atoms with Gasteiger partial charge in [-0.25, -0.2) is 4.98 Å². The van der Waals surface area contributed by atoms with Crippen LogP contribution in [0.1, 0.15) is 24.5 Å². The Morgan fingerprint density at radius 3 is 2.61 bits per heavy atom. The summed E-state index contributed by atoms with van der Waals surface area (Å²) < 4.78 is 1.86. The maximum absolute atomic E-state index is 11.9. The van der Waals surface area contributed by atoms with E-state index in [0.717, 1.165) is 16.6 Å². The van der Waals surface area contributed by atoms with Crippen LogP contribution in [0.5, 0.6) is 0 Å². The summed E-state index contributed by atoms with van der Waals surface area (Å²) in [7, 11) is 0. The minimum Gasteiger partial charge on any atom is -0.389 e. The summed E-state index contributed by atoms with van der Waals surface area (Å²) in [4.78, 5) is 29.2. The fraction of sp³-hybridized carbons (Fsp3) is 0.471.